The lowest BCUT2D eigenvalue weighted by molar-refractivity contribution is 0.0741. The molecule has 1 heterocycles. The van der Waals surface area contributed by atoms with Crippen LogP contribution in [0.1, 0.15) is 23.7 Å². The Morgan fingerprint density at radius 1 is 1.17 bits per heavy atom. The zero-order chi connectivity index (χ0) is 16.2. The number of nitrogens with two attached hydrogens (primary N) is 1. The van der Waals surface area contributed by atoms with E-state index in [4.69, 9.17) is 10.5 Å². The van der Waals surface area contributed by atoms with Crippen LogP contribution in [0.25, 0.3) is 0 Å². The van der Waals surface area contributed by atoms with Gasteiger partial charge in [0.25, 0.3) is 5.91 Å². The number of hydrogen-bond acceptors (Lipinski definition) is 3. The summed E-state index contributed by atoms with van der Waals surface area (Å²) in [6, 6.07) is 17.1. The fourth-order valence-corrected chi connectivity index (χ4v) is 3.10. The summed E-state index contributed by atoms with van der Waals surface area (Å²) in [6.45, 7) is 3.42. The number of amides is 1. The van der Waals surface area contributed by atoms with E-state index >= 15 is 0 Å². The van der Waals surface area contributed by atoms with Crippen molar-refractivity contribution in [1.82, 2.24) is 4.90 Å². The minimum atomic E-state index is 0.0139. The van der Waals surface area contributed by atoms with Gasteiger partial charge in [-0.25, -0.2) is 0 Å². The molecular weight excluding hydrogens is 288 g/mol. The van der Waals surface area contributed by atoms with E-state index < -0.39 is 0 Å². The Morgan fingerprint density at radius 2 is 1.87 bits per heavy atom. The third kappa shape index (κ3) is 3.37. The molecule has 0 saturated carbocycles. The van der Waals surface area contributed by atoms with Crippen molar-refractivity contribution >= 4 is 5.91 Å². The maximum absolute atomic E-state index is 12.9. The maximum Gasteiger partial charge on any atom is 0.257 e. The van der Waals surface area contributed by atoms with Crippen LogP contribution in [0.4, 0.5) is 0 Å². The van der Waals surface area contributed by atoms with Gasteiger partial charge in [0.1, 0.15) is 11.5 Å². The van der Waals surface area contributed by atoms with Gasteiger partial charge in [-0.2, -0.15) is 0 Å². The number of likely N-dealkylation sites (tertiary alicyclic amines) is 1. The van der Waals surface area contributed by atoms with Crippen LogP contribution in [0, 0.1) is 5.92 Å². The predicted molar refractivity (Wildman–Crippen MR) is 90.6 cm³/mol. The van der Waals surface area contributed by atoms with Gasteiger partial charge >= 0.3 is 0 Å². The molecule has 2 atom stereocenters. The molecule has 4 nitrogen and oxygen atoms in total. The molecule has 23 heavy (non-hydrogen) atoms. The van der Waals surface area contributed by atoms with Gasteiger partial charge in [-0.3, -0.25) is 4.79 Å². The smallest absolute Gasteiger partial charge is 0.257 e. The highest BCUT2D eigenvalue weighted by Gasteiger charge is 2.33. The fraction of sp³-hybridized carbons (Fsp3) is 0.316. The highest BCUT2D eigenvalue weighted by atomic mass is 16.5. The summed E-state index contributed by atoms with van der Waals surface area (Å²) in [5, 5.41) is 0. The normalized spacial score (nSPS) is 20.5. The number of ether oxygens (including phenoxy) is 1. The van der Waals surface area contributed by atoms with Crippen LogP contribution in [0.2, 0.25) is 0 Å². The minimum absolute atomic E-state index is 0.0139. The summed E-state index contributed by atoms with van der Waals surface area (Å²) < 4.78 is 5.91. The Morgan fingerprint density at radius 3 is 2.57 bits per heavy atom. The predicted octanol–water partition coefficient (Wildman–Crippen LogP) is 3.29. The fourth-order valence-electron chi connectivity index (χ4n) is 3.10. The van der Waals surface area contributed by atoms with Gasteiger partial charge in [0.15, 0.2) is 0 Å². The minimum Gasteiger partial charge on any atom is -0.457 e. The molecule has 2 aromatic carbocycles. The number of para-hydroxylation sites is 2. The molecule has 0 bridgehead atoms. The monoisotopic (exact) mass is 310 g/mol. The van der Waals surface area contributed by atoms with Crippen molar-refractivity contribution in [3.8, 4) is 11.5 Å². The summed E-state index contributed by atoms with van der Waals surface area (Å²) in [5.74, 6) is 1.71. The first-order valence-electron chi connectivity index (χ1n) is 8.02. The van der Waals surface area contributed by atoms with E-state index in [1.54, 1.807) is 0 Å². The second kappa shape index (κ2) is 6.84. The SMILES string of the molecule is CC1CC(CN)CN1C(=O)c1ccccc1Oc1ccccc1. The molecule has 1 aliphatic heterocycles. The number of benzene rings is 2. The third-order valence-corrected chi connectivity index (χ3v) is 4.34. The first kappa shape index (κ1) is 15.6. The van der Waals surface area contributed by atoms with Crippen molar-refractivity contribution in [1.29, 1.82) is 0 Å². The van der Waals surface area contributed by atoms with Crippen LogP contribution >= 0.6 is 0 Å². The molecule has 0 aliphatic carbocycles. The largest absolute Gasteiger partial charge is 0.457 e. The summed E-state index contributed by atoms with van der Waals surface area (Å²) in [5.41, 5.74) is 6.36. The van der Waals surface area contributed by atoms with E-state index in [9.17, 15) is 4.79 Å². The molecule has 4 heteroatoms. The second-order valence-corrected chi connectivity index (χ2v) is 6.06. The molecule has 1 amide bonds. The summed E-state index contributed by atoms with van der Waals surface area (Å²) in [4.78, 5) is 14.8. The van der Waals surface area contributed by atoms with Crippen molar-refractivity contribution in [2.75, 3.05) is 13.1 Å². The van der Waals surface area contributed by atoms with Gasteiger partial charge in [0.2, 0.25) is 0 Å². The van der Waals surface area contributed by atoms with Crippen molar-refractivity contribution in [3.63, 3.8) is 0 Å². The van der Waals surface area contributed by atoms with Gasteiger partial charge < -0.3 is 15.4 Å². The first-order valence-corrected chi connectivity index (χ1v) is 8.02. The van der Waals surface area contributed by atoms with Crippen LogP contribution in [-0.2, 0) is 0 Å². The van der Waals surface area contributed by atoms with Crippen molar-refractivity contribution < 1.29 is 9.53 Å². The topological polar surface area (TPSA) is 55.6 Å². The van der Waals surface area contributed by atoms with Crippen LogP contribution < -0.4 is 10.5 Å². The average Bonchev–Trinajstić information content (AvgIpc) is 2.97. The van der Waals surface area contributed by atoms with Crippen LogP contribution in [0.5, 0.6) is 11.5 Å². The summed E-state index contributed by atoms with van der Waals surface area (Å²) in [7, 11) is 0. The highest BCUT2D eigenvalue weighted by Crippen LogP contribution is 2.29. The Balaban J connectivity index is 1.84. The number of rotatable bonds is 4. The maximum atomic E-state index is 12.9. The van der Waals surface area contributed by atoms with Crippen LogP contribution in [0.15, 0.2) is 54.6 Å². The third-order valence-electron chi connectivity index (χ3n) is 4.34. The van der Waals surface area contributed by atoms with Gasteiger partial charge in [-0.05, 0) is 50.1 Å². The molecule has 2 N–H and O–H groups in total. The van der Waals surface area contributed by atoms with Crippen LogP contribution in [-0.4, -0.2) is 29.9 Å². The molecule has 3 rings (SSSR count). The van der Waals surface area contributed by atoms with E-state index in [0.29, 0.717) is 23.8 Å². The lowest BCUT2D eigenvalue weighted by atomic mass is 10.1. The molecule has 0 spiro atoms. The van der Waals surface area contributed by atoms with Gasteiger partial charge in [-0.15, -0.1) is 0 Å². The van der Waals surface area contributed by atoms with Gasteiger partial charge in [0.05, 0.1) is 5.56 Å². The van der Waals surface area contributed by atoms with E-state index in [1.165, 1.54) is 0 Å². The Bertz CT molecular complexity index is 672. The molecule has 2 unspecified atom stereocenters. The van der Waals surface area contributed by atoms with Gasteiger partial charge in [-0.1, -0.05) is 30.3 Å². The zero-order valence-corrected chi connectivity index (χ0v) is 13.3. The zero-order valence-electron chi connectivity index (χ0n) is 13.3. The van der Waals surface area contributed by atoms with E-state index in [1.807, 2.05) is 59.5 Å². The molecule has 0 radical (unpaired) electrons. The standard InChI is InChI=1S/C19H22N2O2/c1-14-11-15(12-20)13-21(14)19(22)17-9-5-6-10-18(17)23-16-7-3-2-4-8-16/h2-10,14-15H,11-13,20H2,1H3. The number of hydrogen-bond donors (Lipinski definition) is 1. The quantitative estimate of drug-likeness (QED) is 0.943. The first-order chi connectivity index (χ1) is 11.2. The summed E-state index contributed by atoms with van der Waals surface area (Å²) >= 11 is 0. The lowest BCUT2D eigenvalue weighted by Gasteiger charge is -2.22. The van der Waals surface area contributed by atoms with Crippen LogP contribution in [0.3, 0.4) is 0 Å². The van der Waals surface area contributed by atoms with Gasteiger partial charge in [0, 0.05) is 12.6 Å². The Labute approximate surface area is 136 Å². The highest BCUT2D eigenvalue weighted by molar-refractivity contribution is 5.97. The number of nitrogens with zero attached hydrogens (tertiary/aromatic N) is 1. The summed E-state index contributed by atoms with van der Waals surface area (Å²) in [6.07, 6.45) is 0.962. The number of carbonyl (C=O) groups excluding carboxylic acids is 1. The van der Waals surface area contributed by atoms with E-state index in [0.717, 1.165) is 18.7 Å². The van der Waals surface area contributed by atoms with Crippen molar-refractivity contribution in [2.24, 2.45) is 11.7 Å². The van der Waals surface area contributed by atoms with Crippen molar-refractivity contribution in [2.45, 2.75) is 19.4 Å². The van der Waals surface area contributed by atoms with Crippen molar-refractivity contribution in [3.05, 3.63) is 60.2 Å². The molecule has 0 aromatic heterocycles. The van der Waals surface area contributed by atoms with E-state index in [2.05, 4.69) is 6.92 Å². The molecule has 1 fully saturated rings. The molecule has 120 valence electrons. The molecule has 1 saturated heterocycles. The Hall–Kier alpha value is -2.33. The average molecular weight is 310 g/mol. The molecule has 1 aliphatic rings. The molecule has 2 aromatic rings. The lowest BCUT2D eigenvalue weighted by Crippen LogP contribution is -2.34. The number of carbonyl (C=O) groups is 1. The Kier molecular flexibility index (Phi) is 4.63. The second-order valence-electron chi connectivity index (χ2n) is 6.06. The van der Waals surface area contributed by atoms with E-state index in [-0.39, 0.29) is 11.9 Å². The molecular formula is C19H22N2O2.